The Morgan fingerprint density at radius 2 is 1.94 bits per heavy atom. The molecule has 0 spiro atoms. The third-order valence-electron chi connectivity index (χ3n) is 6.49. The lowest BCUT2D eigenvalue weighted by Crippen LogP contribution is -2.44. The molecule has 1 saturated carbocycles. The molecular weight excluding hydrogens is 438 g/mol. The molecule has 3 aliphatic rings. The van der Waals surface area contributed by atoms with Crippen molar-refractivity contribution in [1.29, 1.82) is 0 Å². The Balaban J connectivity index is 1.24. The minimum atomic E-state index is -0.772. The standard InChI is InChI=1S/C24H29N5O5/c30-17-8-6-16(7-9-17)28-21-20-22(27-14-26-21)29(11-10-25-20)23-19(31)12-18(34-23)13-33-24(32)15-4-2-1-3-5-15/h1-5,10,14,16-19,23,30-31H,6-9,11-13H2,(H,26,27,28)/t16?,17?,18-,19-,23?/m0/s1. The number of fused-ring (bicyclic) bond motifs is 1. The molecule has 1 aliphatic carbocycles. The average Bonchev–Trinajstić information content (AvgIpc) is 3.24. The number of carbonyl (C=O) groups excluding carboxylic acids is 1. The van der Waals surface area contributed by atoms with Gasteiger partial charge in [-0.3, -0.25) is 4.99 Å². The number of aliphatic imine (C=N–C) groups is 1. The number of nitrogens with zero attached hydrogens (tertiary/aromatic N) is 4. The number of carbonyl (C=O) groups is 1. The zero-order valence-electron chi connectivity index (χ0n) is 18.8. The van der Waals surface area contributed by atoms with E-state index in [0.29, 0.717) is 35.9 Å². The fourth-order valence-electron chi connectivity index (χ4n) is 4.69. The van der Waals surface area contributed by atoms with Crippen LogP contribution in [0.4, 0.5) is 17.3 Å². The molecule has 3 N–H and O–H groups in total. The fraction of sp³-hybridized carbons (Fsp3) is 0.500. The summed E-state index contributed by atoms with van der Waals surface area (Å²) in [5.74, 6) is 0.797. The minimum Gasteiger partial charge on any atom is -0.459 e. The number of benzene rings is 1. The van der Waals surface area contributed by atoms with Crippen LogP contribution >= 0.6 is 0 Å². The van der Waals surface area contributed by atoms with Gasteiger partial charge in [0.05, 0.1) is 24.3 Å². The topological polar surface area (TPSA) is 129 Å². The van der Waals surface area contributed by atoms with E-state index in [1.165, 1.54) is 6.33 Å². The number of hydrogen-bond acceptors (Lipinski definition) is 10. The SMILES string of the molecule is O=C(OC[C@@H]1C[C@H](O)C(N2CC=Nc3c(NC4CCC(O)CC4)ncnc32)O1)c1ccccc1. The largest absolute Gasteiger partial charge is 0.459 e. The van der Waals surface area contributed by atoms with Gasteiger partial charge in [-0.15, -0.1) is 0 Å². The summed E-state index contributed by atoms with van der Waals surface area (Å²) in [4.78, 5) is 27.5. The van der Waals surface area contributed by atoms with Gasteiger partial charge in [0.1, 0.15) is 24.7 Å². The van der Waals surface area contributed by atoms with E-state index in [2.05, 4.69) is 20.3 Å². The van der Waals surface area contributed by atoms with Gasteiger partial charge in [0.2, 0.25) is 0 Å². The van der Waals surface area contributed by atoms with Gasteiger partial charge in [0.25, 0.3) is 0 Å². The number of aliphatic hydroxyl groups is 2. The van der Waals surface area contributed by atoms with Crippen molar-refractivity contribution < 1.29 is 24.5 Å². The van der Waals surface area contributed by atoms with E-state index in [1.54, 1.807) is 30.5 Å². The first-order valence-electron chi connectivity index (χ1n) is 11.7. The van der Waals surface area contributed by atoms with Gasteiger partial charge in [-0.2, -0.15) is 0 Å². The second-order valence-electron chi connectivity index (χ2n) is 8.92. The summed E-state index contributed by atoms with van der Waals surface area (Å²) in [6.07, 6.45) is 4.75. The maximum absolute atomic E-state index is 12.2. The molecule has 0 radical (unpaired) electrons. The minimum absolute atomic E-state index is 0.0557. The molecule has 180 valence electrons. The summed E-state index contributed by atoms with van der Waals surface area (Å²) < 4.78 is 11.5. The lowest BCUT2D eigenvalue weighted by molar-refractivity contribution is -0.0200. The Kier molecular flexibility index (Phi) is 6.70. The average molecular weight is 468 g/mol. The van der Waals surface area contributed by atoms with E-state index in [-0.39, 0.29) is 18.8 Å². The Labute approximate surface area is 197 Å². The highest BCUT2D eigenvalue weighted by atomic mass is 16.6. The summed E-state index contributed by atoms with van der Waals surface area (Å²) in [7, 11) is 0. The maximum atomic E-state index is 12.2. The summed E-state index contributed by atoms with van der Waals surface area (Å²) in [6.45, 7) is 0.484. The quantitative estimate of drug-likeness (QED) is 0.547. The summed E-state index contributed by atoms with van der Waals surface area (Å²) in [5.41, 5.74) is 1.08. The highest BCUT2D eigenvalue weighted by Gasteiger charge is 2.40. The van der Waals surface area contributed by atoms with Crippen molar-refractivity contribution in [3.8, 4) is 0 Å². The maximum Gasteiger partial charge on any atom is 0.338 e. The highest BCUT2D eigenvalue weighted by Crippen LogP contribution is 2.39. The van der Waals surface area contributed by atoms with Gasteiger partial charge in [0, 0.05) is 18.7 Å². The van der Waals surface area contributed by atoms with Crippen LogP contribution in [0.1, 0.15) is 42.5 Å². The van der Waals surface area contributed by atoms with Crippen LogP contribution < -0.4 is 10.2 Å². The number of ether oxygens (including phenoxy) is 2. The molecule has 0 amide bonds. The molecule has 1 unspecified atom stereocenters. The third kappa shape index (κ3) is 4.89. The smallest absolute Gasteiger partial charge is 0.338 e. The number of rotatable bonds is 6. The lowest BCUT2D eigenvalue weighted by Gasteiger charge is -2.34. The first-order chi connectivity index (χ1) is 16.6. The summed E-state index contributed by atoms with van der Waals surface area (Å²) in [5, 5.41) is 24.0. The number of aliphatic hydroxyl groups excluding tert-OH is 2. The number of anilines is 2. The van der Waals surface area contributed by atoms with E-state index in [4.69, 9.17) is 9.47 Å². The summed E-state index contributed by atoms with van der Waals surface area (Å²) >= 11 is 0. The predicted octanol–water partition coefficient (Wildman–Crippen LogP) is 2.05. The molecule has 5 rings (SSSR count). The van der Waals surface area contributed by atoms with Crippen molar-refractivity contribution in [2.75, 3.05) is 23.4 Å². The molecule has 1 aromatic carbocycles. The van der Waals surface area contributed by atoms with Crippen LogP contribution in [0.25, 0.3) is 0 Å². The lowest BCUT2D eigenvalue weighted by atomic mass is 9.93. The predicted molar refractivity (Wildman–Crippen MR) is 125 cm³/mol. The summed E-state index contributed by atoms with van der Waals surface area (Å²) in [6, 6.07) is 8.99. The monoisotopic (exact) mass is 467 g/mol. The van der Waals surface area contributed by atoms with Gasteiger partial charge in [-0.1, -0.05) is 18.2 Å². The van der Waals surface area contributed by atoms with E-state index in [1.807, 2.05) is 11.0 Å². The van der Waals surface area contributed by atoms with Crippen molar-refractivity contribution in [3.63, 3.8) is 0 Å². The van der Waals surface area contributed by atoms with Crippen LogP contribution in [0.5, 0.6) is 0 Å². The van der Waals surface area contributed by atoms with Crippen molar-refractivity contribution in [2.45, 2.75) is 62.7 Å². The zero-order valence-corrected chi connectivity index (χ0v) is 18.8. The van der Waals surface area contributed by atoms with Gasteiger partial charge in [-0.05, 0) is 37.8 Å². The Hall–Kier alpha value is -3.08. The number of aromatic nitrogens is 2. The second kappa shape index (κ2) is 10.0. The van der Waals surface area contributed by atoms with E-state index < -0.39 is 24.4 Å². The Morgan fingerprint density at radius 3 is 2.74 bits per heavy atom. The zero-order chi connectivity index (χ0) is 23.5. The fourth-order valence-corrected chi connectivity index (χ4v) is 4.69. The van der Waals surface area contributed by atoms with Crippen LogP contribution in [0, 0.1) is 0 Å². The van der Waals surface area contributed by atoms with Crippen LogP contribution in [0.15, 0.2) is 41.7 Å². The molecule has 2 aliphatic heterocycles. The van der Waals surface area contributed by atoms with Crippen molar-refractivity contribution >= 4 is 29.5 Å². The molecule has 3 atom stereocenters. The molecule has 10 nitrogen and oxygen atoms in total. The number of nitrogens with one attached hydrogen (secondary N) is 1. The first-order valence-corrected chi connectivity index (χ1v) is 11.7. The normalized spacial score (nSPS) is 28.4. The Bertz CT molecular complexity index is 1030. The van der Waals surface area contributed by atoms with E-state index in [0.717, 1.165) is 25.7 Å². The number of esters is 1. The van der Waals surface area contributed by atoms with E-state index in [9.17, 15) is 15.0 Å². The number of hydrogen-bond donors (Lipinski definition) is 3. The molecule has 1 aromatic heterocycles. The molecule has 0 bridgehead atoms. The highest BCUT2D eigenvalue weighted by molar-refractivity contribution is 5.89. The van der Waals surface area contributed by atoms with Crippen molar-refractivity contribution in [3.05, 3.63) is 42.2 Å². The molecule has 10 heteroatoms. The van der Waals surface area contributed by atoms with Crippen LogP contribution in [-0.4, -0.2) is 76.1 Å². The molecular formula is C24H29N5O5. The second-order valence-corrected chi connectivity index (χ2v) is 8.92. The van der Waals surface area contributed by atoms with Crippen LogP contribution in [0.2, 0.25) is 0 Å². The molecule has 1 saturated heterocycles. The van der Waals surface area contributed by atoms with Crippen LogP contribution in [0.3, 0.4) is 0 Å². The molecule has 3 heterocycles. The first kappa shape index (κ1) is 22.7. The Morgan fingerprint density at radius 1 is 1.15 bits per heavy atom. The van der Waals surface area contributed by atoms with Gasteiger partial charge in [-0.25, -0.2) is 14.8 Å². The molecule has 2 fully saturated rings. The third-order valence-corrected chi connectivity index (χ3v) is 6.49. The van der Waals surface area contributed by atoms with Gasteiger partial charge < -0.3 is 29.9 Å². The van der Waals surface area contributed by atoms with Crippen molar-refractivity contribution in [1.82, 2.24) is 9.97 Å². The molecule has 34 heavy (non-hydrogen) atoms. The van der Waals surface area contributed by atoms with Gasteiger partial charge in [0.15, 0.2) is 17.9 Å². The van der Waals surface area contributed by atoms with E-state index >= 15 is 0 Å². The van der Waals surface area contributed by atoms with Gasteiger partial charge >= 0.3 is 5.97 Å². The van der Waals surface area contributed by atoms with Crippen LogP contribution in [-0.2, 0) is 9.47 Å². The van der Waals surface area contributed by atoms with Crippen molar-refractivity contribution in [2.24, 2.45) is 4.99 Å². The molecule has 2 aromatic rings.